The van der Waals surface area contributed by atoms with E-state index in [1.54, 1.807) is 0 Å². The summed E-state index contributed by atoms with van der Waals surface area (Å²) in [6, 6.07) is 0. The van der Waals surface area contributed by atoms with Crippen molar-refractivity contribution in [2.24, 2.45) is 0 Å². The first-order valence-corrected chi connectivity index (χ1v) is 25.2. The van der Waals surface area contributed by atoms with Crippen molar-refractivity contribution in [1.29, 1.82) is 0 Å². The molecule has 0 spiro atoms. The smallest absolute Gasteiger partial charge is 0.462 e. The summed E-state index contributed by atoms with van der Waals surface area (Å²) in [6.07, 6.45) is 52.5. The third kappa shape index (κ3) is 45.0. The van der Waals surface area contributed by atoms with Crippen LogP contribution in [0.15, 0.2) is 72.9 Å². The van der Waals surface area contributed by atoms with Gasteiger partial charge < -0.3 is 18.9 Å². The summed E-state index contributed by atoms with van der Waals surface area (Å²) in [6.45, 7) is 4.29. The first kappa shape index (κ1) is 57.4. The van der Waals surface area contributed by atoms with E-state index in [-0.39, 0.29) is 26.1 Å². The average Bonchev–Trinajstić information content (AvgIpc) is 3.20. The number of hydrogen-bond acceptors (Lipinski definition) is 7. The Morgan fingerprint density at radius 3 is 1.45 bits per heavy atom. The molecule has 0 saturated heterocycles. The molecule has 0 aliphatic heterocycles. The van der Waals surface area contributed by atoms with Gasteiger partial charge in [-0.3, -0.25) is 18.6 Å². The molecular weight excluding hydrogens is 774 g/mol. The van der Waals surface area contributed by atoms with Crippen LogP contribution >= 0.6 is 7.82 Å². The number of nitrogens with zero attached hydrogens (tertiary/aromatic N) is 1. The minimum atomic E-state index is -4.40. The molecule has 0 aliphatic rings. The van der Waals surface area contributed by atoms with E-state index in [9.17, 15) is 19.0 Å². The summed E-state index contributed by atoms with van der Waals surface area (Å²) in [5, 5.41) is 0. The Bertz CT molecular complexity index is 1250. The number of rotatable bonds is 42. The number of ether oxygens (including phenoxy) is 2. The maximum Gasteiger partial charge on any atom is 0.472 e. The molecule has 0 fully saturated rings. The third-order valence-corrected chi connectivity index (χ3v) is 10.7. The highest BCUT2D eigenvalue weighted by atomic mass is 31.2. The van der Waals surface area contributed by atoms with E-state index >= 15 is 0 Å². The lowest BCUT2D eigenvalue weighted by molar-refractivity contribution is -0.870. The molecule has 0 heterocycles. The topological polar surface area (TPSA) is 108 Å². The number of unbranched alkanes of at least 4 members (excludes halogenated alkanes) is 16. The second kappa shape index (κ2) is 41.8. The number of esters is 2. The molecule has 0 radical (unpaired) electrons. The monoisotopic (exact) mass is 863 g/mol. The van der Waals surface area contributed by atoms with Gasteiger partial charge in [0.2, 0.25) is 0 Å². The fourth-order valence-electron chi connectivity index (χ4n) is 5.99. The van der Waals surface area contributed by atoms with E-state index in [1.165, 1.54) is 96.3 Å². The summed E-state index contributed by atoms with van der Waals surface area (Å²) in [5.41, 5.74) is 0. The maximum absolute atomic E-state index is 12.7. The van der Waals surface area contributed by atoms with Gasteiger partial charge in [-0.25, -0.2) is 4.57 Å². The summed E-state index contributed by atoms with van der Waals surface area (Å²) >= 11 is 0. The standard InChI is InChI=1S/C50H88NO8P/c1-6-8-10-12-14-16-18-20-22-24-25-27-28-30-32-34-36-38-40-42-49(52)56-46-48(47-58-60(54,55)57-45-44-51(3,4)5)59-50(53)43-41-39-37-35-33-31-29-26-23-21-19-17-15-13-11-9-7-2/h14,16-17,19-20,22,25,27,30,32,36,38,48H,6-13,15,18,21,23-24,26,28-29,31,33-35,37,39-47H2,1-5H3/p+1/b16-14+,19-17+,22-20+,27-25+,32-30+,38-36+/t48-/m1/s1. The second-order valence-electron chi connectivity index (χ2n) is 16.8. The molecule has 2 atom stereocenters. The van der Waals surface area contributed by atoms with Gasteiger partial charge in [0, 0.05) is 12.8 Å². The Morgan fingerprint density at radius 1 is 0.517 bits per heavy atom. The molecule has 1 N–H and O–H groups in total. The van der Waals surface area contributed by atoms with Gasteiger partial charge in [0.1, 0.15) is 19.8 Å². The van der Waals surface area contributed by atoms with Crippen molar-refractivity contribution in [1.82, 2.24) is 0 Å². The lowest BCUT2D eigenvalue weighted by atomic mass is 10.1. The van der Waals surface area contributed by atoms with Crippen LogP contribution in [-0.4, -0.2) is 74.9 Å². The minimum absolute atomic E-state index is 0.0174. The first-order chi connectivity index (χ1) is 29.0. The van der Waals surface area contributed by atoms with Crippen molar-refractivity contribution < 1.29 is 42.1 Å². The van der Waals surface area contributed by atoms with Crippen LogP contribution < -0.4 is 0 Å². The van der Waals surface area contributed by atoms with Crippen LogP contribution in [0.25, 0.3) is 0 Å². The highest BCUT2D eigenvalue weighted by Gasteiger charge is 2.27. The zero-order valence-corrected chi connectivity index (χ0v) is 39.8. The van der Waals surface area contributed by atoms with Gasteiger partial charge in [-0.05, 0) is 77.0 Å². The molecule has 0 bridgehead atoms. The molecule has 0 aliphatic carbocycles. The molecule has 346 valence electrons. The fourth-order valence-corrected chi connectivity index (χ4v) is 6.73. The van der Waals surface area contributed by atoms with E-state index in [2.05, 4.69) is 74.6 Å². The lowest BCUT2D eigenvalue weighted by Crippen LogP contribution is -2.37. The minimum Gasteiger partial charge on any atom is -0.462 e. The van der Waals surface area contributed by atoms with Crippen LogP contribution in [0.4, 0.5) is 0 Å². The van der Waals surface area contributed by atoms with Crippen molar-refractivity contribution in [3.05, 3.63) is 72.9 Å². The van der Waals surface area contributed by atoms with Crippen LogP contribution in [0.1, 0.15) is 181 Å². The predicted molar refractivity (Wildman–Crippen MR) is 252 cm³/mol. The van der Waals surface area contributed by atoms with Gasteiger partial charge in [0.05, 0.1) is 27.7 Å². The second-order valence-corrected chi connectivity index (χ2v) is 18.2. The number of phosphoric ester groups is 1. The van der Waals surface area contributed by atoms with Crippen LogP contribution in [0.3, 0.4) is 0 Å². The van der Waals surface area contributed by atoms with Crippen LogP contribution in [-0.2, 0) is 32.7 Å². The molecule has 0 saturated carbocycles. The zero-order valence-electron chi connectivity index (χ0n) is 38.9. The number of hydrogen-bond donors (Lipinski definition) is 1. The Kier molecular flexibility index (Phi) is 40.0. The molecule has 9 nitrogen and oxygen atoms in total. The number of carbonyl (C=O) groups is 2. The van der Waals surface area contributed by atoms with E-state index < -0.39 is 32.5 Å². The van der Waals surface area contributed by atoms with Gasteiger partial charge in [-0.15, -0.1) is 0 Å². The maximum atomic E-state index is 12.7. The number of allylic oxidation sites excluding steroid dienone is 12. The summed E-state index contributed by atoms with van der Waals surface area (Å²) in [4.78, 5) is 35.4. The number of quaternary nitrogens is 1. The van der Waals surface area contributed by atoms with Gasteiger partial charge in [-0.1, -0.05) is 164 Å². The zero-order chi connectivity index (χ0) is 44.3. The molecule has 0 aromatic carbocycles. The van der Waals surface area contributed by atoms with Crippen LogP contribution in [0, 0.1) is 0 Å². The normalized spacial score (nSPS) is 14.2. The summed E-state index contributed by atoms with van der Waals surface area (Å²) in [7, 11) is 1.43. The summed E-state index contributed by atoms with van der Waals surface area (Å²) < 4.78 is 34.3. The fraction of sp³-hybridized carbons (Fsp3) is 0.720. The van der Waals surface area contributed by atoms with Crippen molar-refractivity contribution in [3.63, 3.8) is 0 Å². The Balaban J connectivity index is 4.44. The Hall–Kier alpha value is -2.55. The van der Waals surface area contributed by atoms with Crippen LogP contribution in [0.5, 0.6) is 0 Å². The van der Waals surface area contributed by atoms with Gasteiger partial charge in [0.15, 0.2) is 6.10 Å². The largest absolute Gasteiger partial charge is 0.472 e. The number of phosphoric acid groups is 1. The first-order valence-electron chi connectivity index (χ1n) is 23.7. The third-order valence-electron chi connectivity index (χ3n) is 9.72. The van der Waals surface area contributed by atoms with Gasteiger partial charge in [0.25, 0.3) is 0 Å². The highest BCUT2D eigenvalue weighted by Crippen LogP contribution is 2.43. The SMILES string of the molecule is CCCCC/C=C/C/C=C/C/C=C/C/C=C/C/C=C/CCC(=O)OC[C@H](COP(=O)(O)OCC[N+](C)(C)C)OC(=O)CCCCCCCCCCC/C=C/CCCCCC. The van der Waals surface area contributed by atoms with Crippen molar-refractivity contribution in [3.8, 4) is 0 Å². The Morgan fingerprint density at radius 2 is 0.933 bits per heavy atom. The Labute approximate surface area is 368 Å². The molecule has 0 aromatic rings. The molecule has 0 rings (SSSR count). The lowest BCUT2D eigenvalue weighted by Gasteiger charge is -2.24. The molecule has 0 aromatic heterocycles. The van der Waals surface area contributed by atoms with Crippen molar-refractivity contribution in [2.75, 3.05) is 47.5 Å². The van der Waals surface area contributed by atoms with Gasteiger partial charge >= 0.3 is 19.8 Å². The van der Waals surface area contributed by atoms with Gasteiger partial charge in [-0.2, -0.15) is 0 Å². The summed E-state index contributed by atoms with van der Waals surface area (Å²) in [5.74, 6) is -0.900. The molecular formula is C50H89NO8P+. The molecule has 0 amide bonds. The molecule has 60 heavy (non-hydrogen) atoms. The number of likely N-dealkylation sites (N-methyl/N-ethyl adjacent to an activating group) is 1. The average molecular weight is 863 g/mol. The molecule has 1 unspecified atom stereocenters. The van der Waals surface area contributed by atoms with E-state index in [0.717, 1.165) is 44.9 Å². The van der Waals surface area contributed by atoms with Crippen molar-refractivity contribution in [2.45, 2.75) is 187 Å². The van der Waals surface area contributed by atoms with E-state index in [0.29, 0.717) is 23.9 Å². The van der Waals surface area contributed by atoms with Crippen LogP contribution in [0.2, 0.25) is 0 Å². The predicted octanol–water partition coefficient (Wildman–Crippen LogP) is 13.8. The van der Waals surface area contributed by atoms with E-state index in [1.807, 2.05) is 33.3 Å². The van der Waals surface area contributed by atoms with E-state index in [4.69, 9.17) is 18.5 Å². The highest BCUT2D eigenvalue weighted by molar-refractivity contribution is 7.47. The molecule has 10 heteroatoms. The number of carbonyl (C=O) groups excluding carboxylic acids is 2. The van der Waals surface area contributed by atoms with Crippen molar-refractivity contribution >= 4 is 19.8 Å². The quantitative estimate of drug-likeness (QED) is 0.0212.